The number of aryl methyl sites for hydroxylation is 1. The Labute approximate surface area is 264 Å². The van der Waals surface area contributed by atoms with Crippen molar-refractivity contribution in [1.29, 1.82) is 0 Å². The molecule has 0 spiro atoms. The van der Waals surface area contributed by atoms with Crippen LogP contribution in [0, 0.1) is 5.82 Å². The number of halogens is 1. The van der Waals surface area contributed by atoms with Crippen LogP contribution in [0.3, 0.4) is 0 Å². The summed E-state index contributed by atoms with van der Waals surface area (Å²) in [6, 6.07) is 20.7. The number of sulfone groups is 1. The lowest BCUT2D eigenvalue weighted by molar-refractivity contribution is 0.600. The van der Waals surface area contributed by atoms with E-state index in [4.69, 9.17) is 4.98 Å². The molecule has 0 atom stereocenters. The van der Waals surface area contributed by atoms with Crippen molar-refractivity contribution in [1.82, 2.24) is 40.4 Å². The Bertz CT molecular complexity index is 2300. The van der Waals surface area contributed by atoms with Gasteiger partial charge in [0.05, 0.1) is 16.7 Å². The normalized spacial score (nSPS) is 11.9. The van der Waals surface area contributed by atoms with E-state index in [-0.39, 0.29) is 12.2 Å². The van der Waals surface area contributed by atoms with Crippen molar-refractivity contribution in [2.45, 2.75) is 19.5 Å². The van der Waals surface area contributed by atoms with Crippen molar-refractivity contribution in [3.8, 4) is 33.8 Å². The molecule has 46 heavy (non-hydrogen) atoms. The van der Waals surface area contributed by atoms with Gasteiger partial charge in [-0.3, -0.25) is 10.1 Å². The second kappa shape index (κ2) is 12.2. The number of imidazole rings is 1. The number of benzene rings is 2. The van der Waals surface area contributed by atoms with Crippen molar-refractivity contribution in [3.05, 3.63) is 114 Å². The third-order valence-corrected chi connectivity index (χ3v) is 8.64. The van der Waals surface area contributed by atoms with Gasteiger partial charge in [0.15, 0.2) is 17.1 Å². The number of rotatable bonds is 10. The molecule has 0 bridgehead atoms. The third kappa shape index (κ3) is 6.39. The molecular weight excluding hydrogens is 603 g/mol. The topological polar surface area (TPSA) is 142 Å². The maximum absolute atomic E-state index is 14.7. The molecule has 0 saturated carbocycles. The smallest absolute Gasteiger partial charge is 0.181 e. The lowest BCUT2D eigenvalue weighted by atomic mass is 10.0. The van der Waals surface area contributed by atoms with Gasteiger partial charge in [-0.15, -0.1) is 0 Å². The second-order valence-electron chi connectivity index (χ2n) is 11.2. The van der Waals surface area contributed by atoms with Gasteiger partial charge in [0, 0.05) is 60.8 Å². The van der Waals surface area contributed by atoms with Crippen LogP contribution in [0.25, 0.3) is 56.0 Å². The van der Waals surface area contributed by atoms with Crippen LogP contribution in [0.1, 0.15) is 16.7 Å². The van der Waals surface area contributed by atoms with Gasteiger partial charge in [0.25, 0.3) is 0 Å². The zero-order valence-electron chi connectivity index (χ0n) is 24.8. The van der Waals surface area contributed by atoms with Crippen LogP contribution in [0.15, 0.2) is 91.5 Å². The molecule has 12 heteroatoms. The fraction of sp³-hybridized carbons (Fsp3) is 0.147. The van der Waals surface area contributed by atoms with Crippen LogP contribution in [0.2, 0.25) is 0 Å². The second-order valence-corrected chi connectivity index (χ2v) is 13.5. The molecule has 0 aliphatic carbocycles. The van der Waals surface area contributed by atoms with Crippen LogP contribution >= 0.6 is 0 Å². The first-order valence-corrected chi connectivity index (χ1v) is 16.7. The predicted molar refractivity (Wildman–Crippen MR) is 176 cm³/mol. The zero-order chi connectivity index (χ0) is 31.7. The Morgan fingerprint density at radius 2 is 1.63 bits per heavy atom. The molecule has 5 aromatic heterocycles. The fourth-order valence-corrected chi connectivity index (χ4v) is 6.06. The van der Waals surface area contributed by atoms with E-state index in [1.807, 2.05) is 36.7 Å². The maximum atomic E-state index is 14.7. The first-order chi connectivity index (χ1) is 22.3. The molecular formula is C34H29FN8O2S. The monoisotopic (exact) mass is 632 g/mol. The van der Waals surface area contributed by atoms with E-state index in [1.54, 1.807) is 24.5 Å². The molecule has 0 saturated heterocycles. The van der Waals surface area contributed by atoms with Crippen LogP contribution in [0.4, 0.5) is 4.39 Å². The minimum absolute atomic E-state index is 0.0652. The van der Waals surface area contributed by atoms with E-state index in [2.05, 4.69) is 53.6 Å². The maximum Gasteiger partial charge on any atom is 0.181 e. The molecule has 2 aromatic carbocycles. The summed E-state index contributed by atoms with van der Waals surface area (Å²) in [5.41, 5.74) is 8.16. The van der Waals surface area contributed by atoms with Gasteiger partial charge in [0.2, 0.25) is 0 Å². The van der Waals surface area contributed by atoms with Gasteiger partial charge in [-0.2, -0.15) is 5.10 Å². The van der Waals surface area contributed by atoms with E-state index >= 15 is 0 Å². The van der Waals surface area contributed by atoms with Gasteiger partial charge in [-0.05, 0) is 59.0 Å². The molecule has 0 unspecified atom stereocenters. The molecule has 0 aliphatic rings. The van der Waals surface area contributed by atoms with Gasteiger partial charge in [-0.25, -0.2) is 27.8 Å². The van der Waals surface area contributed by atoms with Crippen molar-refractivity contribution in [2.24, 2.45) is 0 Å². The number of nitrogens with one attached hydrogen (secondary N) is 3. The Morgan fingerprint density at radius 3 is 2.48 bits per heavy atom. The highest BCUT2D eigenvalue weighted by Crippen LogP contribution is 2.32. The van der Waals surface area contributed by atoms with Crippen LogP contribution < -0.4 is 5.32 Å². The van der Waals surface area contributed by atoms with Crippen molar-refractivity contribution in [2.75, 3.05) is 12.0 Å². The first-order valence-electron chi connectivity index (χ1n) is 14.6. The Kier molecular flexibility index (Phi) is 7.81. The van der Waals surface area contributed by atoms with E-state index in [9.17, 15) is 12.8 Å². The van der Waals surface area contributed by atoms with Gasteiger partial charge >= 0.3 is 0 Å². The number of aromatic nitrogens is 7. The third-order valence-electron chi connectivity index (χ3n) is 7.70. The number of fused-ring (bicyclic) bond motifs is 2. The van der Waals surface area contributed by atoms with Crippen molar-refractivity contribution < 1.29 is 12.8 Å². The molecule has 3 N–H and O–H groups in total. The molecule has 230 valence electrons. The highest BCUT2D eigenvalue weighted by Gasteiger charge is 2.17. The molecule has 5 heterocycles. The van der Waals surface area contributed by atoms with Gasteiger partial charge in [0.1, 0.15) is 21.3 Å². The average Bonchev–Trinajstić information content (AvgIpc) is 3.68. The molecule has 7 rings (SSSR count). The lowest BCUT2D eigenvalue weighted by Gasteiger charge is -2.07. The van der Waals surface area contributed by atoms with E-state index < -0.39 is 15.7 Å². The summed E-state index contributed by atoms with van der Waals surface area (Å²) in [5.74, 6) is -0.0129. The summed E-state index contributed by atoms with van der Waals surface area (Å²) in [7, 11) is -3.19. The van der Waals surface area contributed by atoms with Crippen LogP contribution in [-0.2, 0) is 29.3 Å². The Hall–Kier alpha value is -5.33. The number of pyridine rings is 3. The zero-order valence-corrected chi connectivity index (χ0v) is 25.6. The van der Waals surface area contributed by atoms with E-state index in [1.165, 1.54) is 24.0 Å². The molecule has 0 fully saturated rings. The molecule has 10 nitrogen and oxygen atoms in total. The quantitative estimate of drug-likeness (QED) is 0.176. The van der Waals surface area contributed by atoms with Gasteiger partial charge in [-0.1, -0.05) is 36.4 Å². The van der Waals surface area contributed by atoms with Crippen LogP contribution in [0.5, 0.6) is 0 Å². The summed E-state index contributed by atoms with van der Waals surface area (Å²) >= 11 is 0. The number of aromatic amines is 2. The molecule has 0 amide bonds. The SMILES string of the molecule is CS(=O)(=O)CCc1cc(F)cc(-c2ccnc3nc(-c4[nH]nc5ncc(-c6cncc(CNCc7ccccc7)c6)cc45)[nH]c23)c1. The highest BCUT2D eigenvalue weighted by atomic mass is 32.2. The summed E-state index contributed by atoms with van der Waals surface area (Å²) in [4.78, 5) is 21.5. The fourth-order valence-electron chi connectivity index (χ4n) is 5.45. The van der Waals surface area contributed by atoms with E-state index in [0.717, 1.165) is 28.6 Å². The Balaban J connectivity index is 1.19. The summed E-state index contributed by atoms with van der Waals surface area (Å²) in [5, 5.41) is 11.7. The number of nitrogens with zero attached hydrogens (tertiary/aromatic N) is 5. The van der Waals surface area contributed by atoms with Crippen molar-refractivity contribution in [3.63, 3.8) is 0 Å². The minimum atomic E-state index is -3.19. The largest absolute Gasteiger partial charge is 0.335 e. The van der Waals surface area contributed by atoms with Crippen molar-refractivity contribution >= 4 is 32.0 Å². The molecule has 7 aromatic rings. The summed E-state index contributed by atoms with van der Waals surface area (Å²) in [6.45, 7) is 1.43. The number of hydrogen-bond acceptors (Lipinski definition) is 8. The predicted octanol–water partition coefficient (Wildman–Crippen LogP) is 5.64. The van der Waals surface area contributed by atoms with Crippen LogP contribution in [-0.4, -0.2) is 55.5 Å². The van der Waals surface area contributed by atoms with E-state index in [0.29, 0.717) is 51.6 Å². The first kappa shape index (κ1) is 29.4. The molecule has 0 radical (unpaired) electrons. The Morgan fingerprint density at radius 1 is 0.826 bits per heavy atom. The minimum Gasteiger partial charge on any atom is -0.335 e. The summed E-state index contributed by atoms with van der Waals surface area (Å²) < 4.78 is 38.0. The standard InChI is InChI=1S/C34H29FN8O2S/c1-46(44,45)10-8-22-11-24(14-27(35)13-22)28-7-9-38-33-30(28)40-34(41-33)31-29-15-26(20-39-32(29)43-42-31)25-12-23(18-37-19-25)17-36-16-21-5-3-2-4-6-21/h2-7,9,11-15,18-20,36H,8,10,16-17H2,1H3,(H,38,40,41)(H,39,42,43). The van der Waals surface area contributed by atoms with Gasteiger partial charge < -0.3 is 10.3 Å². The molecule has 0 aliphatic heterocycles. The number of hydrogen-bond donors (Lipinski definition) is 3. The highest BCUT2D eigenvalue weighted by molar-refractivity contribution is 7.90. The lowest BCUT2D eigenvalue weighted by Crippen LogP contribution is -2.12. The summed E-state index contributed by atoms with van der Waals surface area (Å²) in [6.07, 6.45) is 8.43. The average molecular weight is 633 g/mol. The number of H-pyrrole nitrogens is 2.